The molecule has 0 amide bonds. The Bertz CT molecular complexity index is 469. The van der Waals surface area contributed by atoms with Crippen molar-refractivity contribution < 1.29 is 4.74 Å². The molecule has 0 saturated heterocycles. The Morgan fingerprint density at radius 2 is 2.28 bits per heavy atom. The molecule has 18 heavy (non-hydrogen) atoms. The molecule has 1 aliphatic heterocycles. The van der Waals surface area contributed by atoms with Gasteiger partial charge in [-0.15, -0.1) is 0 Å². The lowest BCUT2D eigenvalue weighted by Gasteiger charge is -2.28. The van der Waals surface area contributed by atoms with E-state index in [1.54, 1.807) is 0 Å². The lowest BCUT2D eigenvalue weighted by molar-refractivity contribution is 0.123. The van der Waals surface area contributed by atoms with Gasteiger partial charge in [0, 0.05) is 5.56 Å². The number of nitrogens with two attached hydrogens (primary N) is 1. The summed E-state index contributed by atoms with van der Waals surface area (Å²) >= 11 is 0. The maximum absolute atomic E-state index is 6.03. The number of ether oxygens (including phenoxy) is 1. The van der Waals surface area contributed by atoms with Crippen LogP contribution < -0.4 is 5.73 Å². The second-order valence-corrected chi connectivity index (χ2v) is 5.44. The molecule has 1 fully saturated rings. The van der Waals surface area contributed by atoms with Crippen LogP contribution in [0, 0.1) is 12.8 Å². The van der Waals surface area contributed by atoms with Crippen LogP contribution in [0.5, 0.6) is 0 Å². The quantitative estimate of drug-likeness (QED) is 0.867. The molecule has 1 aliphatic carbocycles. The molecule has 2 N–H and O–H groups in total. The zero-order valence-corrected chi connectivity index (χ0v) is 10.8. The van der Waals surface area contributed by atoms with Crippen LogP contribution in [0.1, 0.15) is 30.4 Å². The van der Waals surface area contributed by atoms with Gasteiger partial charge in [-0.1, -0.05) is 17.7 Å². The normalized spacial score (nSPS) is 30.6. The first-order valence-corrected chi connectivity index (χ1v) is 6.78. The molecule has 96 valence electrons. The van der Waals surface area contributed by atoms with E-state index in [0.29, 0.717) is 12.0 Å². The van der Waals surface area contributed by atoms with E-state index >= 15 is 0 Å². The molecule has 3 atom stereocenters. The van der Waals surface area contributed by atoms with Crippen LogP contribution in [0.3, 0.4) is 0 Å². The van der Waals surface area contributed by atoms with Crippen molar-refractivity contribution in [1.29, 1.82) is 0 Å². The molecule has 3 unspecified atom stereocenters. The number of rotatable bonds is 2. The fourth-order valence-electron chi connectivity index (χ4n) is 2.93. The molecular formula is C15H20N2O. The van der Waals surface area contributed by atoms with Gasteiger partial charge in [-0.2, -0.15) is 0 Å². The molecule has 0 spiro atoms. The summed E-state index contributed by atoms with van der Waals surface area (Å²) in [5, 5.41) is 0. The van der Waals surface area contributed by atoms with E-state index < -0.39 is 0 Å². The van der Waals surface area contributed by atoms with Gasteiger partial charge >= 0.3 is 0 Å². The fourth-order valence-corrected chi connectivity index (χ4v) is 2.93. The molecular weight excluding hydrogens is 224 g/mol. The fraction of sp³-hybridized carbons (Fsp3) is 0.533. The van der Waals surface area contributed by atoms with Crippen LogP contribution in [-0.4, -0.2) is 24.6 Å². The van der Waals surface area contributed by atoms with E-state index in [-0.39, 0.29) is 6.10 Å². The lowest BCUT2D eigenvalue weighted by Crippen LogP contribution is -2.34. The summed E-state index contributed by atoms with van der Waals surface area (Å²) in [5.74, 6) is 1.43. The number of aryl methyl sites for hydroxylation is 1. The molecule has 1 heterocycles. The summed E-state index contributed by atoms with van der Waals surface area (Å²) in [6, 6.07) is 8.71. The zero-order valence-electron chi connectivity index (χ0n) is 10.8. The van der Waals surface area contributed by atoms with Gasteiger partial charge in [0.1, 0.15) is 6.10 Å². The van der Waals surface area contributed by atoms with Gasteiger partial charge in [-0.25, -0.2) is 4.99 Å². The smallest absolute Gasteiger partial charge is 0.216 e. The number of aliphatic imine (C=N–C) groups is 1. The highest BCUT2D eigenvalue weighted by Gasteiger charge is 2.36. The predicted octanol–water partition coefficient (Wildman–Crippen LogP) is 2.27. The molecule has 0 bridgehead atoms. The molecule has 1 saturated carbocycles. The molecule has 3 rings (SSSR count). The summed E-state index contributed by atoms with van der Waals surface area (Å²) in [7, 11) is 0. The van der Waals surface area contributed by atoms with Crippen LogP contribution in [0.2, 0.25) is 0 Å². The third kappa shape index (κ3) is 2.15. The Kier molecular flexibility index (Phi) is 3.08. The van der Waals surface area contributed by atoms with Crippen molar-refractivity contribution in [2.24, 2.45) is 16.6 Å². The molecule has 3 nitrogen and oxygen atoms in total. The van der Waals surface area contributed by atoms with E-state index in [1.807, 2.05) is 0 Å². The minimum absolute atomic E-state index is 0.253. The van der Waals surface area contributed by atoms with Crippen LogP contribution in [0.4, 0.5) is 0 Å². The zero-order chi connectivity index (χ0) is 12.5. The Morgan fingerprint density at radius 1 is 1.39 bits per heavy atom. The Morgan fingerprint density at radius 3 is 3.06 bits per heavy atom. The van der Waals surface area contributed by atoms with Crippen molar-refractivity contribution in [2.75, 3.05) is 6.54 Å². The molecule has 0 aromatic heterocycles. The van der Waals surface area contributed by atoms with E-state index in [0.717, 1.165) is 30.8 Å². The second-order valence-electron chi connectivity index (χ2n) is 5.44. The number of hydrogen-bond donors (Lipinski definition) is 1. The van der Waals surface area contributed by atoms with Crippen molar-refractivity contribution in [3.05, 3.63) is 35.4 Å². The molecule has 3 heteroatoms. The summed E-state index contributed by atoms with van der Waals surface area (Å²) in [6.45, 7) is 2.86. The number of nitrogens with zero attached hydrogens (tertiary/aromatic N) is 1. The van der Waals surface area contributed by atoms with Crippen LogP contribution in [-0.2, 0) is 4.74 Å². The minimum Gasteiger partial charge on any atom is -0.472 e. The SMILES string of the molecule is Cc1cccc(C2=NC3CCC(CN)CC3O2)c1. The van der Waals surface area contributed by atoms with E-state index in [1.165, 1.54) is 12.0 Å². The largest absolute Gasteiger partial charge is 0.472 e. The lowest BCUT2D eigenvalue weighted by atomic mass is 9.84. The highest BCUT2D eigenvalue weighted by molar-refractivity contribution is 5.95. The van der Waals surface area contributed by atoms with E-state index in [2.05, 4.69) is 31.2 Å². The standard InChI is InChI=1S/C15H20N2O/c1-10-3-2-4-12(7-10)15-17-13-6-5-11(9-16)8-14(13)18-15/h2-4,7,11,13-14H,5-6,8-9,16H2,1H3. The number of fused-ring (bicyclic) bond motifs is 1. The van der Waals surface area contributed by atoms with Crippen molar-refractivity contribution in [1.82, 2.24) is 0 Å². The summed E-state index contributed by atoms with van der Waals surface area (Å²) in [5.41, 5.74) is 8.11. The van der Waals surface area contributed by atoms with Crippen molar-refractivity contribution >= 4 is 5.90 Å². The molecule has 2 aliphatic rings. The second kappa shape index (κ2) is 4.73. The Balaban J connectivity index is 1.77. The average molecular weight is 244 g/mol. The van der Waals surface area contributed by atoms with Gasteiger partial charge in [0.05, 0.1) is 6.04 Å². The predicted molar refractivity (Wildman–Crippen MR) is 72.8 cm³/mol. The van der Waals surface area contributed by atoms with Crippen LogP contribution in [0.15, 0.2) is 29.3 Å². The Labute approximate surface area is 108 Å². The first-order chi connectivity index (χ1) is 8.76. The molecule has 0 radical (unpaired) electrons. The minimum atomic E-state index is 0.253. The van der Waals surface area contributed by atoms with Gasteiger partial charge in [0.15, 0.2) is 0 Å². The van der Waals surface area contributed by atoms with Gasteiger partial charge in [0.25, 0.3) is 0 Å². The average Bonchev–Trinajstić information content (AvgIpc) is 2.81. The highest BCUT2D eigenvalue weighted by Crippen LogP contribution is 2.33. The third-order valence-corrected chi connectivity index (χ3v) is 4.01. The maximum atomic E-state index is 6.03. The van der Waals surface area contributed by atoms with Crippen molar-refractivity contribution in [3.63, 3.8) is 0 Å². The summed E-state index contributed by atoms with van der Waals surface area (Å²) in [6.07, 6.45) is 3.61. The van der Waals surface area contributed by atoms with Crippen molar-refractivity contribution in [2.45, 2.75) is 38.3 Å². The Hall–Kier alpha value is -1.35. The van der Waals surface area contributed by atoms with Gasteiger partial charge in [-0.05, 0) is 50.8 Å². The number of benzene rings is 1. The van der Waals surface area contributed by atoms with Gasteiger partial charge in [0.2, 0.25) is 5.90 Å². The van der Waals surface area contributed by atoms with Crippen LogP contribution >= 0.6 is 0 Å². The highest BCUT2D eigenvalue weighted by atomic mass is 16.5. The van der Waals surface area contributed by atoms with Crippen LogP contribution in [0.25, 0.3) is 0 Å². The van der Waals surface area contributed by atoms with Gasteiger partial charge < -0.3 is 10.5 Å². The maximum Gasteiger partial charge on any atom is 0.216 e. The van der Waals surface area contributed by atoms with Gasteiger partial charge in [-0.3, -0.25) is 0 Å². The van der Waals surface area contributed by atoms with Crippen molar-refractivity contribution in [3.8, 4) is 0 Å². The third-order valence-electron chi connectivity index (χ3n) is 4.01. The monoisotopic (exact) mass is 244 g/mol. The topological polar surface area (TPSA) is 47.6 Å². The first kappa shape index (κ1) is 11.7. The number of hydrogen-bond acceptors (Lipinski definition) is 3. The summed E-state index contributed by atoms with van der Waals surface area (Å²) < 4.78 is 6.03. The molecule has 1 aromatic rings. The van der Waals surface area contributed by atoms with E-state index in [4.69, 9.17) is 15.5 Å². The summed E-state index contributed by atoms with van der Waals surface area (Å²) in [4.78, 5) is 4.74. The van der Waals surface area contributed by atoms with E-state index in [9.17, 15) is 0 Å². The first-order valence-electron chi connectivity index (χ1n) is 6.78. The molecule has 1 aromatic carbocycles.